The topological polar surface area (TPSA) is 194 Å². The van der Waals surface area contributed by atoms with E-state index in [1.54, 1.807) is 59.4 Å². The molecule has 0 aliphatic carbocycles. The summed E-state index contributed by atoms with van der Waals surface area (Å²) < 4.78 is 34.4. The number of aromatic nitrogens is 1. The van der Waals surface area contributed by atoms with Gasteiger partial charge in [0.1, 0.15) is 59.7 Å². The molecule has 18 nitrogen and oxygen atoms in total. The number of nitrogens with zero attached hydrogens (tertiary/aromatic N) is 5. The molecule has 4 aromatic rings. The van der Waals surface area contributed by atoms with Gasteiger partial charge in [0.05, 0.1) is 56.0 Å². The Morgan fingerprint density at radius 3 is 2.18 bits per heavy atom. The zero-order valence-corrected chi connectivity index (χ0v) is 43.6. The highest BCUT2D eigenvalue weighted by Gasteiger charge is 2.56. The summed E-state index contributed by atoms with van der Waals surface area (Å²) in [5.41, 5.74) is 2.20. The second-order valence-corrected chi connectivity index (χ2v) is 21.3. The van der Waals surface area contributed by atoms with Crippen LogP contribution in [0.4, 0.5) is 0 Å². The van der Waals surface area contributed by atoms with Crippen LogP contribution in [0, 0.1) is 6.92 Å². The first-order chi connectivity index (χ1) is 34.5. The van der Waals surface area contributed by atoms with Crippen LogP contribution >= 0.6 is 34.7 Å². The average Bonchev–Trinajstić information content (AvgIpc) is 3.62. The first kappa shape index (κ1) is 52.1. The Labute approximate surface area is 431 Å². The van der Waals surface area contributed by atoms with Crippen molar-refractivity contribution < 1.29 is 61.6 Å². The van der Waals surface area contributed by atoms with Crippen molar-refractivity contribution in [2.75, 3.05) is 59.3 Å². The van der Waals surface area contributed by atoms with Crippen molar-refractivity contribution in [2.45, 2.75) is 76.8 Å². The van der Waals surface area contributed by atoms with Crippen LogP contribution in [0.3, 0.4) is 0 Å². The van der Waals surface area contributed by atoms with Crippen LogP contribution in [-0.4, -0.2) is 145 Å². The number of thiazole rings is 1. The second kappa shape index (κ2) is 22.2. The average molecular weight is 1040 g/mol. The zero-order chi connectivity index (χ0) is 51.3. The Morgan fingerprint density at radius 1 is 0.931 bits per heavy atom. The first-order valence-electron chi connectivity index (χ1n) is 23.4. The summed E-state index contributed by atoms with van der Waals surface area (Å²) >= 11 is 9.89. The number of methoxy groups -OCH3 is 2. The molecule has 9 rings (SSSR count). The Balaban J connectivity index is 0.967. The number of amides is 3. The zero-order valence-electron chi connectivity index (χ0n) is 41.2. The third-order valence-electron chi connectivity index (χ3n) is 12.9. The summed E-state index contributed by atoms with van der Waals surface area (Å²) in [4.78, 5) is 81.4. The van der Waals surface area contributed by atoms with Gasteiger partial charge in [0.25, 0.3) is 17.7 Å². The number of oxime groups is 1. The van der Waals surface area contributed by atoms with Gasteiger partial charge in [-0.15, -0.1) is 23.1 Å². The van der Waals surface area contributed by atoms with Gasteiger partial charge in [0, 0.05) is 35.6 Å². The smallest absolute Gasteiger partial charge is 0.347 e. The van der Waals surface area contributed by atoms with Crippen molar-refractivity contribution in [3.05, 3.63) is 110 Å². The number of hydrogen-bond donors (Lipinski definition) is 1. The van der Waals surface area contributed by atoms with Crippen LogP contribution in [0.5, 0.6) is 23.0 Å². The molecule has 1 N–H and O–H groups in total. The first-order valence-corrected chi connectivity index (χ1v) is 25.7. The van der Waals surface area contributed by atoms with Gasteiger partial charge >= 0.3 is 20.0 Å². The molecule has 3 aromatic carbocycles. The molecule has 4 saturated heterocycles. The maximum absolute atomic E-state index is 14.7. The molecular formula is C50H57BClN6O12S2+. The van der Waals surface area contributed by atoms with Gasteiger partial charge in [0.2, 0.25) is 6.61 Å². The third-order valence-corrected chi connectivity index (χ3v) is 15.3. The number of fused-ring (bicyclic) bond motifs is 5. The van der Waals surface area contributed by atoms with E-state index in [0.717, 1.165) is 35.5 Å². The second-order valence-electron chi connectivity index (χ2n) is 18.8. The number of piperidine rings is 1. The SMILES string of the molecule is BOC(=O)C1=C(C[N+]23CCC(CC2)N(C(=O)c2ccc(OCc4ccc(OC)cc4)c(OCc4ccc(OC)cc4)c2Cl)CC3)CS[C@@H]2[C@H](NC(=O)/C(=N\OCC(=O)OC(C)(C)C)c3csc(C)n3)C(=O)N12. The number of thioether (sulfide) groups is 1. The third kappa shape index (κ3) is 11.6. The van der Waals surface area contributed by atoms with Crippen molar-refractivity contribution in [3.8, 4) is 23.0 Å². The van der Waals surface area contributed by atoms with E-state index in [1.807, 2.05) is 53.4 Å². The predicted octanol–water partition coefficient (Wildman–Crippen LogP) is 5.22. The molecule has 22 heteroatoms. The van der Waals surface area contributed by atoms with E-state index in [0.29, 0.717) is 64.8 Å². The Bertz CT molecular complexity index is 2760. The molecule has 1 aromatic heterocycles. The van der Waals surface area contributed by atoms with E-state index >= 15 is 0 Å². The molecule has 0 spiro atoms. The quantitative estimate of drug-likeness (QED) is 0.0340. The molecule has 0 saturated carbocycles. The van der Waals surface area contributed by atoms with Crippen LogP contribution in [0.25, 0.3) is 0 Å². The lowest BCUT2D eigenvalue weighted by Gasteiger charge is -2.50. The van der Waals surface area contributed by atoms with Crippen molar-refractivity contribution in [3.63, 3.8) is 0 Å². The number of carbonyl (C=O) groups excluding carboxylic acids is 5. The number of benzene rings is 3. The minimum Gasteiger partial charge on any atom is -0.539 e. The molecule has 4 fully saturated rings. The molecule has 0 unspecified atom stereocenters. The van der Waals surface area contributed by atoms with E-state index in [4.69, 9.17) is 44.8 Å². The fraction of sp³-hybridized carbons (Fsp3) is 0.420. The number of quaternary nitrogens is 1. The Hall–Kier alpha value is -6.29. The van der Waals surface area contributed by atoms with Gasteiger partial charge in [0.15, 0.2) is 17.2 Å². The number of ether oxygens (including phenoxy) is 5. The summed E-state index contributed by atoms with van der Waals surface area (Å²) in [5.74, 6) is -0.318. The fourth-order valence-electron chi connectivity index (χ4n) is 9.21. The highest BCUT2D eigenvalue weighted by molar-refractivity contribution is 8.00. The summed E-state index contributed by atoms with van der Waals surface area (Å²) in [6.45, 7) is 9.69. The Kier molecular flexibility index (Phi) is 16.1. The fourth-order valence-corrected chi connectivity index (χ4v) is 11.4. The van der Waals surface area contributed by atoms with Crippen molar-refractivity contribution in [1.82, 2.24) is 20.1 Å². The highest BCUT2D eigenvalue weighted by atomic mass is 35.5. The summed E-state index contributed by atoms with van der Waals surface area (Å²) in [5, 5.41) is 8.54. The lowest BCUT2D eigenvalue weighted by Crippen LogP contribution is -2.71. The van der Waals surface area contributed by atoms with Gasteiger partial charge < -0.3 is 47.9 Å². The van der Waals surface area contributed by atoms with Crippen LogP contribution in [-0.2, 0) is 46.6 Å². The number of aryl methyl sites for hydroxylation is 1. The molecule has 5 aliphatic rings. The van der Waals surface area contributed by atoms with Gasteiger partial charge in [-0.3, -0.25) is 19.3 Å². The molecule has 5 aliphatic heterocycles. The summed E-state index contributed by atoms with van der Waals surface area (Å²) in [7, 11) is 4.49. The minimum absolute atomic E-state index is 0.0539. The standard InChI is InChI=1S/C50H56BClN6O12S2/c1-29-53-37(28-71-29)41(55-68-26-39(59)69-50(2,3)4)45(60)54-42-47(62)57-43(49(63)70-51)32(27-72-48(42)57)23-58-20-17-33(18-21-58)56(19-22-58)46(61)36-15-16-38(66-24-30-7-11-34(64-5)12-8-30)44(40(36)52)67-25-31-9-13-35(65-6)14-10-31/h7-16,28,33,42,48H,17-27,51H2,1-6H3/p+1/b55-41-/t33?,42-,48-,58?/m1/s1. The van der Waals surface area contributed by atoms with Crippen LogP contribution in [0.2, 0.25) is 5.02 Å². The Morgan fingerprint density at radius 2 is 1.58 bits per heavy atom. The van der Waals surface area contributed by atoms with E-state index in [1.165, 1.54) is 36.0 Å². The van der Waals surface area contributed by atoms with Crippen LogP contribution in [0.1, 0.15) is 65.8 Å². The number of nitrogens with one attached hydrogen (secondary N) is 1. The number of halogens is 1. The van der Waals surface area contributed by atoms with E-state index in [9.17, 15) is 24.0 Å². The molecule has 380 valence electrons. The largest absolute Gasteiger partial charge is 0.539 e. The molecule has 2 bridgehead atoms. The number of carbonyl (C=O) groups is 5. The molecule has 2 atom stereocenters. The van der Waals surface area contributed by atoms with Crippen LogP contribution < -0.4 is 24.3 Å². The van der Waals surface area contributed by atoms with E-state index in [2.05, 4.69) is 15.5 Å². The number of rotatable bonds is 18. The lowest BCUT2D eigenvalue weighted by molar-refractivity contribution is -0.924. The van der Waals surface area contributed by atoms with Crippen molar-refractivity contribution >= 4 is 78.1 Å². The predicted molar refractivity (Wildman–Crippen MR) is 272 cm³/mol. The molecule has 0 radical (unpaired) electrons. The monoisotopic (exact) mass is 1040 g/mol. The van der Waals surface area contributed by atoms with Gasteiger partial charge in [-0.2, -0.15) is 0 Å². The maximum atomic E-state index is 14.7. The van der Waals surface area contributed by atoms with Crippen molar-refractivity contribution in [2.24, 2.45) is 5.16 Å². The summed E-state index contributed by atoms with van der Waals surface area (Å²) in [6, 6.07) is 17.3. The maximum Gasteiger partial charge on any atom is 0.347 e. The normalized spacial score (nSPS) is 20.7. The molecule has 72 heavy (non-hydrogen) atoms. The van der Waals surface area contributed by atoms with Gasteiger partial charge in [-0.05, 0) is 75.2 Å². The molecule has 3 amide bonds. The van der Waals surface area contributed by atoms with E-state index < -0.39 is 47.4 Å². The molecule has 6 heterocycles. The van der Waals surface area contributed by atoms with E-state index in [-0.39, 0.29) is 53.0 Å². The number of β-lactam (4-membered cyclic amide) rings is 1. The highest BCUT2D eigenvalue weighted by Crippen LogP contribution is 2.44. The number of hydrogen-bond acceptors (Lipinski definition) is 16. The van der Waals surface area contributed by atoms with Crippen molar-refractivity contribution in [1.29, 1.82) is 0 Å². The minimum atomic E-state index is -1.01. The van der Waals surface area contributed by atoms with Crippen LogP contribution in [0.15, 0.2) is 82.5 Å². The molecular weight excluding hydrogens is 987 g/mol. The van der Waals surface area contributed by atoms with Gasteiger partial charge in [-0.1, -0.05) is 41.0 Å². The lowest BCUT2D eigenvalue weighted by atomic mass is 9.99. The summed E-state index contributed by atoms with van der Waals surface area (Å²) in [6.07, 6.45) is 1.43. The van der Waals surface area contributed by atoms with Gasteiger partial charge in [-0.25, -0.2) is 14.6 Å². The number of esters is 1.